The van der Waals surface area contributed by atoms with Gasteiger partial charge < -0.3 is 13.9 Å². The molecule has 2 aromatic heterocycles. The molecule has 0 N–H and O–H groups in total. The Balaban J connectivity index is 1.60. The van der Waals surface area contributed by atoms with E-state index >= 15 is 0 Å². The smallest absolute Gasteiger partial charge is 0.227 e. The lowest BCUT2D eigenvalue weighted by Gasteiger charge is -2.22. The lowest BCUT2D eigenvalue weighted by Crippen LogP contribution is -2.30. The summed E-state index contributed by atoms with van der Waals surface area (Å²) in [6.07, 6.45) is 2.75. The van der Waals surface area contributed by atoms with Gasteiger partial charge in [-0.25, -0.2) is 0 Å². The zero-order valence-corrected chi connectivity index (χ0v) is 13.8. The zero-order chi connectivity index (χ0) is 16.4. The van der Waals surface area contributed by atoms with Crippen LogP contribution in [0.4, 0.5) is 0 Å². The van der Waals surface area contributed by atoms with Gasteiger partial charge in [-0.1, -0.05) is 24.2 Å². The molecule has 1 amide bonds. The topological polar surface area (TPSA) is 85.3 Å². The fraction of sp³-hybridized carbons (Fsp3) is 0.625. The van der Waals surface area contributed by atoms with Crippen LogP contribution in [0.2, 0.25) is 0 Å². The molecule has 23 heavy (non-hydrogen) atoms. The summed E-state index contributed by atoms with van der Waals surface area (Å²) in [5.41, 5.74) is 0.841. The predicted octanol–water partition coefficient (Wildman–Crippen LogP) is 2.79. The van der Waals surface area contributed by atoms with E-state index in [4.69, 9.17) is 9.05 Å². The Kier molecular flexibility index (Phi) is 4.45. The van der Waals surface area contributed by atoms with Gasteiger partial charge in [-0.3, -0.25) is 4.79 Å². The van der Waals surface area contributed by atoms with Gasteiger partial charge in [-0.05, 0) is 19.8 Å². The molecule has 124 valence electrons. The molecule has 1 fully saturated rings. The van der Waals surface area contributed by atoms with Crippen molar-refractivity contribution in [1.29, 1.82) is 0 Å². The van der Waals surface area contributed by atoms with Crippen LogP contribution in [-0.4, -0.2) is 32.6 Å². The van der Waals surface area contributed by atoms with Crippen LogP contribution in [0, 0.1) is 6.92 Å². The van der Waals surface area contributed by atoms with Crippen LogP contribution in [0.3, 0.4) is 0 Å². The van der Waals surface area contributed by atoms with Gasteiger partial charge in [0.15, 0.2) is 5.82 Å². The Labute approximate surface area is 135 Å². The maximum Gasteiger partial charge on any atom is 0.227 e. The first-order chi connectivity index (χ1) is 11.0. The molecular weight excluding hydrogens is 296 g/mol. The van der Waals surface area contributed by atoms with Gasteiger partial charge in [0.1, 0.15) is 11.5 Å². The van der Waals surface area contributed by atoms with Crippen LogP contribution in [0.5, 0.6) is 0 Å². The van der Waals surface area contributed by atoms with E-state index in [2.05, 4.69) is 15.3 Å². The van der Waals surface area contributed by atoms with Crippen LogP contribution < -0.4 is 0 Å². The average molecular weight is 318 g/mol. The van der Waals surface area contributed by atoms with Crippen molar-refractivity contribution in [3.63, 3.8) is 0 Å². The molecule has 0 bridgehead atoms. The van der Waals surface area contributed by atoms with Gasteiger partial charge in [-0.15, -0.1) is 0 Å². The molecule has 3 heterocycles. The molecule has 7 heteroatoms. The lowest BCUT2D eigenvalue weighted by atomic mass is 10.1. The minimum absolute atomic E-state index is 0.0221. The van der Waals surface area contributed by atoms with Crippen molar-refractivity contribution in [3.05, 3.63) is 29.2 Å². The summed E-state index contributed by atoms with van der Waals surface area (Å²) < 4.78 is 10.3. The van der Waals surface area contributed by atoms with Crippen molar-refractivity contribution < 1.29 is 13.8 Å². The van der Waals surface area contributed by atoms with Crippen molar-refractivity contribution in [1.82, 2.24) is 20.2 Å². The van der Waals surface area contributed by atoms with E-state index in [1.165, 1.54) is 0 Å². The number of rotatable bonds is 5. The number of aryl methyl sites for hydroxylation is 2. The minimum atomic E-state index is 0.0221. The average Bonchev–Trinajstić information content (AvgIpc) is 3.24. The Bertz CT molecular complexity index is 676. The van der Waals surface area contributed by atoms with Crippen LogP contribution in [0.25, 0.3) is 0 Å². The number of likely N-dealkylation sites (tertiary alicyclic amines) is 1. The number of amides is 1. The number of hydrogen-bond donors (Lipinski definition) is 0. The number of carbonyl (C=O) groups excluding carboxylic acids is 1. The third-order valence-corrected chi connectivity index (χ3v) is 4.11. The minimum Gasteiger partial charge on any atom is -0.361 e. The first-order valence-corrected chi connectivity index (χ1v) is 8.09. The van der Waals surface area contributed by atoms with E-state index in [1.807, 2.05) is 31.7 Å². The zero-order valence-electron chi connectivity index (χ0n) is 13.8. The van der Waals surface area contributed by atoms with Crippen molar-refractivity contribution in [2.45, 2.75) is 58.4 Å². The Morgan fingerprint density at radius 2 is 2.22 bits per heavy atom. The lowest BCUT2D eigenvalue weighted by molar-refractivity contribution is -0.132. The Morgan fingerprint density at radius 3 is 2.87 bits per heavy atom. The predicted molar refractivity (Wildman–Crippen MR) is 81.6 cm³/mol. The van der Waals surface area contributed by atoms with Gasteiger partial charge in [0.2, 0.25) is 11.8 Å². The molecule has 1 aliphatic rings. The van der Waals surface area contributed by atoms with Crippen LogP contribution >= 0.6 is 0 Å². The second-order valence-corrected chi connectivity index (χ2v) is 6.31. The highest BCUT2D eigenvalue weighted by Crippen LogP contribution is 2.32. The highest BCUT2D eigenvalue weighted by molar-refractivity contribution is 5.77. The molecule has 0 saturated carbocycles. The van der Waals surface area contributed by atoms with E-state index in [9.17, 15) is 4.79 Å². The van der Waals surface area contributed by atoms with Crippen LogP contribution in [0.15, 0.2) is 15.1 Å². The number of aromatic nitrogens is 3. The molecule has 3 rings (SSSR count). The molecule has 0 aromatic carbocycles. The molecule has 0 radical (unpaired) electrons. The van der Waals surface area contributed by atoms with E-state index in [1.54, 1.807) is 0 Å². The third kappa shape index (κ3) is 3.43. The quantitative estimate of drug-likeness (QED) is 0.842. The Morgan fingerprint density at radius 1 is 1.39 bits per heavy atom. The summed E-state index contributed by atoms with van der Waals surface area (Å²) in [5.74, 6) is 2.30. The summed E-state index contributed by atoms with van der Waals surface area (Å²) in [6, 6.07) is 1.93. The Hall–Kier alpha value is -2.18. The van der Waals surface area contributed by atoms with Crippen molar-refractivity contribution >= 4 is 5.91 Å². The molecule has 1 aliphatic heterocycles. The number of carbonyl (C=O) groups is 1. The molecule has 0 unspecified atom stereocenters. The van der Waals surface area contributed by atoms with E-state index in [0.717, 1.165) is 30.8 Å². The summed E-state index contributed by atoms with van der Waals surface area (Å²) >= 11 is 0. The first kappa shape index (κ1) is 15.7. The number of hydrogen-bond acceptors (Lipinski definition) is 6. The van der Waals surface area contributed by atoms with Gasteiger partial charge in [0.25, 0.3) is 0 Å². The summed E-state index contributed by atoms with van der Waals surface area (Å²) in [7, 11) is 0. The SMILES string of the molecule is Cc1cc([C@@H]2CCCN2C(=O)CCc2nc(C(C)C)no2)no1. The molecular formula is C16H22N4O3. The standard InChI is InChI=1S/C16H22N4O3/c1-10(2)16-17-14(23-19-16)6-7-15(21)20-8-4-5-13(20)12-9-11(3)22-18-12/h9-10,13H,4-8H2,1-3H3/t13-/m0/s1. The van der Waals surface area contributed by atoms with Crippen LogP contribution in [0.1, 0.15) is 68.2 Å². The van der Waals surface area contributed by atoms with Crippen LogP contribution in [-0.2, 0) is 11.2 Å². The fourth-order valence-electron chi connectivity index (χ4n) is 2.88. The van der Waals surface area contributed by atoms with E-state index < -0.39 is 0 Å². The van der Waals surface area contributed by atoms with E-state index in [-0.39, 0.29) is 17.9 Å². The normalized spacial score (nSPS) is 18.1. The molecule has 0 aliphatic carbocycles. The van der Waals surface area contributed by atoms with E-state index in [0.29, 0.717) is 24.6 Å². The van der Waals surface area contributed by atoms with Gasteiger partial charge >= 0.3 is 0 Å². The second-order valence-electron chi connectivity index (χ2n) is 6.31. The molecule has 1 atom stereocenters. The molecule has 7 nitrogen and oxygen atoms in total. The van der Waals surface area contributed by atoms with Crippen molar-refractivity contribution in [2.75, 3.05) is 6.54 Å². The first-order valence-electron chi connectivity index (χ1n) is 8.09. The molecule has 2 aromatic rings. The third-order valence-electron chi connectivity index (χ3n) is 4.11. The molecule has 0 spiro atoms. The maximum absolute atomic E-state index is 12.5. The van der Waals surface area contributed by atoms with Gasteiger partial charge in [-0.2, -0.15) is 4.98 Å². The van der Waals surface area contributed by atoms with Crippen molar-refractivity contribution in [2.24, 2.45) is 0 Å². The highest BCUT2D eigenvalue weighted by Gasteiger charge is 2.31. The summed E-state index contributed by atoms with van der Waals surface area (Å²) in [5, 5.41) is 7.98. The number of nitrogens with zero attached hydrogens (tertiary/aromatic N) is 4. The monoisotopic (exact) mass is 318 g/mol. The fourth-order valence-corrected chi connectivity index (χ4v) is 2.88. The maximum atomic E-state index is 12.5. The highest BCUT2D eigenvalue weighted by atomic mass is 16.5. The largest absolute Gasteiger partial charge is 0.361 e. The second kappa shape index (κ2) is 6.52. The van der Waals surface area contributed by atoms with Crippen molar-refractivity contribution in [3.8, 4) is 0 Å². The summed E-state index contributed by atoms with van der Waals surface area (Å²) in [4.78, 5) is 18.7. The van der Waals surface area contributed by atoms with Gasteiger partial charge in [0, 0.05) is 31.4 Å². The summed E-state index contributed by atoms with van der Waals surface area (Å²) in [6.45, 7) is 6.64. The van der Waals surface area contributed by atoms with Gasteiger partial charge in [0.05, 0.1) is 6.04 Å². The molecule has 1 saturated heterocycles.